The van der Waals surface area contributed by atoms with Crippen molar-refractivity contribution >= 4 is 12.0 Å². The predicted octanol–water partition coefficient (Wildman–Crippen LogP) is 1.45. The second kappa shape index (κ2) is 7.99. The molecule has 0 aliphatic heterocycles. The second-order valence-electron chi connectivity index (χ2n) is 4.85. The monoisotopic (exact) mass is 272 g/mol. The van der Waals surface area contributed by atoms with E-state index in [1.807, 2.05) is 6.92 Å². The Labute approximate surface area is 114 Å². The van der Waals surface area contributed by atoms with Crippen LogP contribution < -0.4 is 5.32 Å². The van der Waals surface area contributed by atoms with Crippen LogP contribution in [0.3, 0.4) is 0 Å². The lowest BCUT2D eigenvalue weighted by molar-refractivity contribution is -0.139. The number of rotatable bonds is 7. The number of carboxylic acids is 1. The molecule has 110 valence electrons. The number of nitrogens with one attached hydrogen (secondary N) is 1. The van der Waals surface area contributed by atoms with E-state index >= 15 is 0 Å². The Hall–Kier alpha value is -1.30. The Bertz CT molecular complexity index is 303. The smallest absolute Gasteiger partial charge is 0.326 e. The van der Waals surface area contributed by atoms with Crippen LogP contribution in [0.1, 0.15) is 39.0 Å². The minimum Gasteiger partial charge on any atom is -0.480 e. The number of hydrogen-bond donors (Lipinski definition) is 2. The summed E-state index contributed by atoms with van der Waals surface area (Å²) in [7, 11) is 1.51. The summed E-state index contributed by atoms with van der Waals surface area (Å²) in [5.41, 5.74) is 0. The Balaban J connectivity index is 2.55. The predicted molar refractivity (Wildman–Crippen MR) is 71.1 cm³/mol. The van der Waals surface area contributed by atoms with Gasteiger partial charge in [0.15, 0.2) is 0 Å². The molecule has 0 aromatic carbocycles. The number of aliphatic carboxylic acids is 1. The SMILES string of the molecule is CCN(C(=O)NC(CCOC)C(=O)O)C1CCCC1. The molecule has 6 nitrogen and oxygen atoms in total. The second-order valence-corrected chi connectivity index (χ2v) is 4.85. The Morgan fingerprint density at radius 1 is 1.42 bits per heavy atom. The summed E-state index contributed by atoms with van der Waals surface area (Å²) in [5.74, 6) is -1.02. The molecule has 1 aliphatic carbocycles. The minimum absolute atomic E-state index is 0.252. The van der Waals surface area contributed by atoms with Gasteiger partial charge >= 0.3 is 12.0 Å². The van der Waals surface area contributed by atoms with Gasteiger partial charge < -0.3 is 20.1 Å². The molecule has 6 heteroatoms. The molecule has 0 radical (unpaired) electrons. The zero-order valence-corrected chi connectivity index (χ0v) is 11.7. The van der Waals surface area contributed by atoms with Crippen molar-refractivity contribution in [2.75, 3.05) is 20.3 Å². The van der Waals surface area contributed by atoms with Crippen molar-refractivity contribution in [3.8, 4) is 0 Å². The van der Waals surface area contributed by atoms with Crippen LogP contribution in [0.5, 0.6) is 0 Å². The van der Waals surface area contributed by atoms with Crippen LogP contribution in [-0.4, -0.2) is 54.4 Å². The van der Waals surface area contributed by atoms with Gasteiger partial charge in [0.1, 0.15) is 6.04 Å². The first-order valence-electron chi connectivity index (χ1n) is 6.89. The highest BCUT2D eigenvalue weighted by Gasteiger charge is 2.28. The number of carbonyl (C=O) groups excluding carboxylic acids is 1. The van der Waals surface area contributed by atoms with Crippen LogP contribution in [0, 0.1) is 0 Å². The van der Waals surface area contributed by atoms with E-state index in [4.69, 9.17) is 9.84 Å². The molecule has 2 N–H and O–H groups in total. The van der Waals surface area contributed by atoms with Crippen molar-refractivity contribution in [2.24, 2.45) is 0 Å². The van der Waals surface area contributed by atoms with E-state index in [1.54, 1.807) is 4.90 Å². The first kappa shape index (κ1) is 15.8. The number of urea groups is 1. The molecule has 0 aromatic rings. The molecule has 0 aromatic heterocycles. The highest BCUT2D eigenvalue weighted by Crippen LogP contribution is 2.23. The maximum absolute atomic E-state index is 12.1. The summed E-state index contributed by atoms with van der Waals surface area (Å²) in [6.45, 7) is 2.84. The molecule has 19 heavy (non-hydrogen) atoms. The molecular formula is C13H24N2O4. The van der Waals surface area contributed by atoms with Crippen LogP contribution in [0.2, 0.25) is 0 Å². The summed E-state index contributed by atoms with van der Waals surface area (Å²) in [6, 6.07) is -0.914. The topological polar surface area (TPSA) is 78.9 Å². The minimum atomic E-state index is -1.02. The van der Waals surface area contributed by atoms with Crippen molar-refractivity contribution in [1.29, 1.82) is 0 Å². The summed E-state index contributed by atoms with van der Waals surface area (Å²) in [4.78, 5) is 25.0. The number of ether oxygens (including phenoxy) is 1. The molecule has 0 spiro atoms. The molecule has 0 bridgehead atoms. The normalized spacial score (nSPS) is 17.2. The van der Waals surface area contributed by atoms with Crippen LogP contribution >= 0.6 is 0 Å². The van der Waals surface area contributed by atoms with Crippen molar-refractivity contribution in [3.63, 3.8) is 0 Å². The number of methoxy groups -OCH3 is 1. The number of carboxylic acid groups (broad SMARTS) is 1. The summed E-state index contributed by atoms with van der Waals surface area (Å²) < 4.78 is 4.86. The third-order valence-corrected chi connectivity index (χ3v) is 3.57. The van der Waals surface area contributed by atoms with Crippen LogP contribution in [-0.2, 0) is 9.53 Å². The fraction of sp³-hybridized carbons (Fsp3) is 0.846. The van der Waals surface area contributed by atoms with Gasteiger partial charge in [-0.05, 0) is 19.8 Å². The molecule has 1 fully saturated rings. The van der Waals surface area contributed by atoms with Crippen LogP contribution in [0.25, 0.3) is 0 Å². The number of amides is 2. The summed E-state index contributed by atoms with van der Waals surface area (Å²) in [5, 5.41) is 11.7. The molecule has 1 aliphatic rings. The number of nitrogens with zero attached hydrogens (tertiary/aromatic N) is 1. The molecule has 1 unspecified atom stereocenters. The summed E-state index contributed by atoms with van der Waals surface area (Å²) in [6.07, 6.45) is 4.58. The highest BCUT2D eigenvalue weighted by atomic mass is 16.5. The van der Waals surface area contributed by atoms with E-state index in [0.717, 1.165) is 25.7 Å². The van der Waals surface area contributed by atoms with Gasteiger partial charge in [-0.2, -0.15) is 0 Å². The largest absolute Gasteiger partial charge is 0.480 e. The van der Waals surface area contributed by atoms with E-state index in [1.165, 1.54) is 7.11 Å². The van der Waals surface area contributed by atoms with Gasteiger partial charge in [-0.25, -0.2) is 9.59 Å². The maximum Gasteiger partial charge on any atom is 0.326 e. The fourth-order valence-electron chi connectivity index (χ4n) is 2.51. The van der Waals surface area contributed by atoms with Crippen molar-refractivity contribution in [2.45, 2.75) is 51.1 Å². The lowest BCUT2D eigenvalue weighted by Crippen LogP contribution is -2.51. The lowest BCUT2D eigenvalue weighted by Gasteiger charge is -2.29. The van der Waals surface area contributed by atoms with Gasteiger partial charge in [0.25, 0.3) is 0 Å². The van der Waals surface area contributed by atoms with E-state index in [9.17, 15) is 9.59 Å². The van der Waals surface area contributed by atoms with E-state index in [-0.39, 0.29) is 18.5 Å². The average Bonchev–Trinajstić information content (AvgIpc) is 2.88. The van der Waals surface area contributed by atoms with E-state index in [2.05, 4.69) is 5.32 Å². The molecule has 0 heterocycles. The average molecular weight is 272 g/mol. The van der Waals surface area contributed by atoms with Crippen LogP contribution in [0.15, 0.2) is 0 Å². The van der Waals surface area contributed by atoms with Gasteiger partial charge in [-0.3, -0.25) is 0 Å². The third-order valence-electron chi connectivity index (χ3n) is 3.57. The molecular weight excluding hydrogens is 248 g/mol. The first-order chi connectivity index (χ1) is 9.10. The zero-order chi connectivity index (χ0) is 14.3. The Morgan fingerprint density at radius 2 is 2.05 bits per heavy atom. The highest BCUT2D eigenvalue weighted by molar-refractivity contribution is 5.82. The van der Waals surface area contributed by atoms with Gasteiger partial charge in [-0.15, -0.1) is 0 Å². The van der Waals surface area contributed by atoms with Gasteiger partial charge in [0.2, 0.25) is 0 Å². The maximum atomic E-state index is 12.1. The van der Waals surface area contributed by atoms with Crippen LogP contribution in [0.4, 0.5) is 4.79 Å². The summed E-state index contributed by atoms with van der Waals surface area (Å²) >= 11 is 0. The number of carbonyl (C=O) groups is 2. The van der Waals surface area contributed by atoms with Crippen molar-refractivity contribution < 1.29 is 19.4 Å². The number of hydrogen-bond acceptors (Lipinski definition) is 3. The zero-order valence-electron chi connectivity index (χ0n) is 11.7. The van der Waals surface area contributed by atoms with Crippen molar-refractivity contribution in [1.82, 2.24) is 10.2 Å². The van der Waals surface area contributed by atoms with Gasteiger partial charge in [-0.1, -0.05) is 12.8 Å². The Kier molecular flexibility index (Phi) is 6.62. The quantitative estimate of drug-likeness (QED) is 0.735. The van der Waals surface area contributed by atoms with E-state index < -0.39 is 12.0 Å². The van der Waals surface area contributed by atoms with Crippen molar-refractivity contribution in [3.05, 3.63) is 0 Å². The molecule has 1 rings (SSSR count). The molecule has 0 saturated heterocycles. The first-order valence-corrected chi connectivity index (χ1v) is 6.89. The third kappa shape index (κ3) is 4.70. The molecule has 2 amide bonds. The van der Waals surface area contributed by atoms with Gasteiger partial charge in [0, 0.05) is 32.7 Å². The molecule has 1 saturated carbocycles. The van der Waals surface area contributed by atoms with Gasteiger partial charge in [0.05, 0.1) is 0 Å². The molecule has 1 atom stereocenters. The fourth-order valence-corrected chi connectivity index (χ4v) is 2.51. The Morgan fingerprint density at radius 3 is 2.53 bits per heavy atom. The van der Waals surface area contributed by atoms with E-state index in [0.29, 0.717) is 13.2 Å². The standard InChI is InChI=1S/C13H24N2O4/c1-3-15(10-6-4-5-7-10)13(18)14-11(12(16)17)8-9-19-2/h10-11H,3-9H2,1-2H3,(H,14,18)(H,16,17). The lowest BCUT2D eigenvalue weighted by atomic mass is 10.2.